The number of halogens is 4. The summed E-state index contributed by atoms with van der Waals surface area (Å²) in [6, 6.07) is 2.98. The second-order valence-electron chi connectivity index (χ2n) is 2.27. The van der Waals surface area contributed by atoms with Crippen LogP contribution in [0.5, 0.6) is 0 Å². The molecule has 0 radical (unpaired) electrons. The lowest BCUT2D eigenvalue weighted by atomic mass is 10.1. The highest BCUT2D eigenvalue weighted by molar-refractivity contribution is 14.1. The molecule has 1 aromatic rings. The Bertz CT molecular complexity index is 354. The van der Waals surface area contributed by atoms with Gasteiger partial charge in [0.05, 0.1) is 16.5 Å². The first-order chi connectivity index (χ1) is 6.07. The van der Waals surface area contributed by atoms with Crippen molar-refractivity contribution in [3.8, 4) is 0 Å². The highest BCUT2D eigenvalue weighted by atomic mass is 127. The van der Waals surface area contributed by atoms with Crippen molar-refractivity contribution in [1.82, 2.24) is 0 Å². The van der Waals surface area contributed by atoms with Gasteiger partial charge in [-0.05, 0) is 34.7 Å². The van der Waals surface area contributed by atoms with Crippen molar-refractivity contribution >= 4 is 51.6 Å². The van der Waals surface area contributed by atoms with E-state index < -0.39 is 11.6 Å². The van der Waals surface area contributed by atoms with Crippen molar-refractivity contribution in [2.45, 2.75) is 0 Å². The van der Waals surface area contributed by atoms with Gasteiger partial charge in [-0.2, -0.15) is 0 Å². The Morgan fingerprint density at radius 2 is 2.15 bits per heavy atom. The van der Waals surface area contributed by atoms with Crippen LogP contribution >= 0.6 is 45.8 Å². The molecule has 0 aliphatic heterocycles. The molecule has 0 saturated heterocycles. The van der Waals surface area contributed by atoms with Gasteiger partial charge >= 0.3 is 0 Å². The Hall–Kier alpha value is 0.130. The van der Waals surface area contributed by atoms with E-state index in [1.54, 1.807) is 6.07 Å². The van der Waals surface area contributed by atoms with Crippen molar-refractivity contribution in [2.75, 3.05) is 5.88 Å². The zero-order valence-electron chi connectivity index (χ0n) is 6.28. The highest BCUT2D eigenvalue weighted by Gasteiger charge is 2.16. The van der Waals surface area contributed by atoms with Crippen LogP contribution in [0.1, 0.15) is 10.4 Å². The summed E-state index contributed by atoms with van der Waals surface area (Å²) in [5, 5.41) is -0.0612. The minimum Gasteiger partial charge on any atom is -0.293 e. The van der Waals surface area contributed by atoms with E-state index in [4.69, 9.17) is 23.2 Å². The van der Waals surface area contributed by atoms with Crippen LogP contribution in [0, 0.1) is 9.39 Å². The Kier molecular flexibility index (Phi) is 3.94. The number of hydrogen-bond donors (Lipinski definition) is 0. The van der Waals surface area contributed by atoms with Crippen LogP contribution < -0.4 is 0 Å². The fourth-order valence-corrected chi connectivity index (χ4v) is 1.86. The van der Waals surface area contributed by atoms with Gasteiger partial charge in [-0.3, -0.25) is 4.79 Å². The fourth-order valence-electron chi connectivity index (χ4n) is 0.849. The molecule has 0 atom stereocenters. The standard InChI is InChI=1S/C8H4Cl2FIO/c9-3-6(13)7-5(12)2-1-4(10)8(7)11/h1-2H,3H2. The van der Waals surface area contributed by atoms with Crippen LogP contribution in [0.3, 0.4) is 0 Å². The van der Waals surface area contributed by atoms with Gasteiger partial charge in [-0.1, -0.05) is 11.6 Å². The van der Waals surface area contributed by atoms with Crippen LogP contribution in [-0.4, -0.2) is 11.7 Å². The zero-order chi connectivity index (χ0) is 10.0. The molecule has 0 saturated carbocycles. The van der Waals surface area contributed by atoms with Crippen molar-refractivity contribution < 1.29 is 9.18 Å². The van der Waals surface area contributed by atoms with Crippen LogP contribution in [-0.2, 0) is 0 Å². The first-order valence-corrected chi connectivity index (χ1v) is 5.29. The summed E-state index contributed by atoms with van der Waals surface area (Å²) in [7, 11) is 0. The van der Waals surface area contributed by atoms with Gasteiger partial charge in [0.2, 0.25) is 0 Å². The zero-order valence-corrected chi connectivity index (χ0v) is 9.95. The van der Waals surface area contributed by atoms with Crippen molar-refractivity contribution in [3.05, 3.63) is 32.1 Å². The molecule has 0 aromatic heterocycles. The number of Topliss-reactive ketones (excluding diaryl/α,β-unsaturated/α-hetero) is 1. The Morgan fingerprint density at radius 1 is 1.54 bits per heavy atom. The molecule has 0 aliphatic rings. The van der Waals surface area contributed by atoms with Gasteiger partial charge in [-0.25, -0.2) is 4.39 Å². The van der Waals surface area contributed by atoms with Crippen LogP contribution in [0.4, 0.5) is 4.39 Å². The lowest BCUT2D eigenvalue weighted by molar-refractivity contribution is 0.101. The number of carbonyl (C=O) groups excluding carboxylic acids is 1. The first kappa shape index (κ1) is 11.2. The van der Waals surface area contributed by atoms with Crippen molar-refractivity contribution in [1.29, 1.82) is 0 Å². The monoisotopic (exact) mass is 332 g/mol. The smallest absolute Gasteiger partial charge is 0.181 e. The molecule has 0 N–H and O–H groups in total. The van der Waals surface area contributed by atoms with E-state index in [-0.39, 0.29) is 16.5 Å². The normalized spacial score (nSPS) is 10.2. The summed E-state index contributed by atoms with van der Waals surface area (Å²) in [6.45, 7) is 0. The summed E-state index contributed by atoms with van der Waals surface area (Å²) in [4.78, 5) is 11.2. The predicted molar refractivity (Wildman–Crippen MR) is 59.2 cm³/mol. The van der Waals surface area contributed by atoms with Crippen LogP contribution in [0.25, 0.3) is 0 Å². The summed E-state index contributed by atoms with van der Waals surface area (Å²) >= 11 is 12.7. The molecule has 0 spiro atoms. The number of hydrogen-bond acceptors (Lipinski definition) is 1. The SMILES string of the molecule is O=C(CCl)c1c(I)ccc(Cl)c1F. The van der Waals surface area contributed by atoms with E-state index in [1.165, 1.54) is 6.07 Å². The Labute approximate surface area is 98.4 Å². The molecule has 0 amide bonds. The van der Waals surface area contributed by atoms with Gasteiger partial charge in [0, 0.05) is 3.57 Å². The van der Waals surface area contributed by atoms with Crippen molar-refractivity contribution in [3.63, 3.8) is 0 Å². The molecule has 0 fully saturated rings. The molecule has 0 unspecified atom stereocenters. The largest absolute Gasteiger partial charge is 0.293 e. The number of carbonyl (C=O) groups is 1. The fraction of sp³-hybridized carbons (Fsp3) is 0.125. The molecule has 1 aromatic carbocycles. The van der Waals surface area contributed by atoms with Gasteiger partial charge in [0.15, 0.2) is 11.6 Å². The number of ketones is 1. The van der Waals surface area contributed by atoms with Crippen LogP contribution in [0.2, 0.25) is 5.02 Å². The molecule has 1 rings (SSSR count). The van der Waals surface area contributed by atoms with E-state index in [2.05, 4.69) is 0 Å². The minimum absolute atomic E-state index is 0.0249. The Balaban J connectivity index is 3.33. The van der Waals surface area contributed by atoms with Crippen LogP contribution in [0.15, 0.2) is 12.1 Å². The molecule has 1 nitrogen and oxygen atoms in total. The maximum atomic E-state index is 13.3. The summed E-state index contributed by atoms with van der Waals surface area (Å²) in [6.07, 6.45) is 0. The molecule has 13 heavy (non-hydrogen) atoms. The lowest BCUT2D eigenvalue weighted by Gasteiger charge is -2.03. The average Bonchev–Trinajstić information content (AvgIpc) is 2.12. The molecular formula is C8H4Cl2FIO. The predicted octanol–water partition coefficient (Wildman–Crippen LogP) is 3.51. The highest BCUT2D eigenvalue weighted by Crippen LogP contribution is 2.23. The maximum Gasteiger partial charge on any atom is 0.181 e. The van der Waals surface area contributed by atoms with E-state index in [9.17, 15) is 9.18 Å². The van der Waals surface area contributed by atoms with E-state index in [0.29, 0.717) is 3.57 Å². The minimum atomic E-state index is -0.695. The van der Waals surface area contributed by atoms with Gasteiger partial charge in [-0.15, -0.1) is 11.6 Å². The third kappa shape index (κ3) is 2.33. The average molecular weight is 333 g/mol. The molecular weight excluding hydrogens is 329 g/mol. The molecule has 0 heterocycles. The third-order valence-corrected chi connectivity index (χ3v) is 2.88. The van der Waals surface area contributed by atoms with Gasteiger partial charge < -0.3 is 0 Å². The summed E-state index contributed by atoms with van der Waals surface area (Å²) in [5.41, 5.74) is -0.0249. The van der Waals surface area contributed by atoms with E-state index >= 15 is 0 Å². The number of alkyl halides is 1. The number of rotatable bonds is 2. The number of benzene rings is 1. The molecule has 70 valence electrons. The Morgan fingerprint density at radius 3 is 2.69 bits per heavy atom. The lowest BCUT2D eigenvalue weighted by Crippen LogP contribution is -2.06. The maximum absolute atomic E-state index is 13.3. The van der Waals surface area contributed by atoms with E-state index in [0.717, 1.165) is 0 Å². The second-order valence-corrected chi connectivity index (χ2v) is 4.11. The van der Waals surface area contributed by atoms with Gasteiger partial charge in [0.1, 0.15) is 0 Å². The van der Waals surface area contributed by atoms with Gasteiger partial charge in [0.25, 0.3) is 0 Å². The molecule has 0 aliphatic carbocycles. The second kappa shape index (κ2) is 4.57. The molecule has 0 bridgehead atoms. The third-order valence-electron chi connectivity index (χ3n) is 1.44. The quantitative estimate of drug-likeness (QED) is 0.350. The summed E-state index contributed by atoms with van der Waals surface area (Å²) < 4.78 is 13.8. The molecule has 5 heteroatoms. The first-order valence-electron chi connectivity index (χ1n) is 3.30. The topological polar surface area (TPSA) is 17.1 Å². The van der Waals surface area contributed by atoms with Crippen molar-refractivity contribution in [2.24, 2.45) is 0 Å². The van der Waals surface area contributed by atoms with E-state index in [1.807, 2.05) is 22.6 Å². The summed E-state index contributed by atoms with van der Waals surface area (Å²) in [5.74, 6) is -1.39.